The first-order chi connectivity index (χ1) is 33.0. The van der Waals surface area contributed by atoms with Crippen molar-refractivity contribution in [1.82, 2.24) is 0 Å². The number of ether oxygens (including phenoxy) is 7. The average Bonchev–Trinajstić information content (AvgIpc) is 3.32. The van der Waals surface area contributed by atoms with Crippen LogP contribution in [0, 0.1) is 0 Å². The summed E-state index contributed by atoms with van der Waals surface area (Å²) in [6.07, 6.45) is 49.1. The van der Waals surface area contributed by atoms with Crippen LogP contribution in [0.3, 0.4) is 0 Å². The number of unbranched alkanes of at least 4 members (excludes halogenated alkanes) is 32. The Bertz CT molecular complexity index is 934. The highest BCUT2D eigenvalue weighted by atomic mass is 16.6. The Morgan fingerprint density at radius 3 is 0.925 bits per heavy atom. The highest BCUT2D eigenvalue weighted by Crippen LogP contribution is 2.15. The quantitative estimate of drug-likeness (QED) is 0.0436. The van der Waals surface area contributed by atoms with Crippen LogP contribution in [0.15, 0.2) is 0 Å². The van der Waals surface area contributed by atoms with Crippen molar-refractivity contribution in [3.05, 3.63) is 0 Å². The van der Waals surface area contributed by atoms with Gasteiger partial charge >= 0.3 is 11.9 Å². The second kappa shape index (κ2) is 60.9. The van der Waals surface area contributed by atoms with Gasteiger partial charge in [-0.15, -0.1) is 0 Å². The van der Waals surface area contributed by atoms with Gasteiger partial charge in [-0.25, -0.2) is 0 Å². The molecule has 0 aromatic heterocycles. The van der Waals surface area contributed by atoms with E-state index in [0.29, 0.717) is 39.3 Å². The molecule has 0 heterocycles. The van der Waals surface area contributed by atoms with Gasteiger partial charge in [-0.05, 0) is 58.8 Å². The lowest BCUT2D eigenvalue weighted by atomic mass is 10.0. The lowest BCUT2D eigenvalue weighted by Gasteiger charge is -2.17. The van der Waals surface area contributed by atoms with Crippen LogP contribution < -0.4 is 0 Å². The summed E-state index contributed by atoms with van der Waals surface area (Å²) in [4.78, 5) is 22.6. The first kappa shape index (κ1) is 67.8. The van der Waals surface area contributed by atoms with Crippen molar-refractivity contribution in [2.24, 2.45) is 0 Å². The van der Waals surface area contributed by atoms with Crippen LogP contribution in [0.1, 0.15) is 285 Å². The van der Waals surface area contributed by atoms with Crippen LogP contribution in [0.5, 0.6) is 0 Å². The molecule has 0 aliphatic heterocycles. The molecule has 0 saturated carbocycles. The molecule has 402 valence electrons. The van der Waals surface area contributed by atoms with Crippen LogP contribution in [0.25, 0.3) is 0 Å². The van der Waals surface area contributed by atoms with Crippen LogP contribution >= 0.6 is 0 Å². The summed E-state index contributed by atoms with van der Waals surface area (Å²) in [5.74, 6) is -0.161. The molecular formula is C58H116O9. The van der Waals surface area contributed by atoms with Crippen molar-refractivity contribution in [2.45, 2.75) is 297 Å². The molecule has 0 spiro atoms. The third-order valence-corrected chi connectivity index (χ3v) is 12.6. The van der Waals surface area contributed by atoms with Crippen molar-refractivity contribution in [3.63, 3.8) is 0 Å². The Kier molecular flexibility index (Phi) is 61.6. The van der Waals surface area contributed by atoms with Crippen molar-refractivity contribution >= 4 is 11.9 Å². The molecule has 9 heteroatoms. The lowest BCUT2D eigenvalue weighted by Crippen LogP contribution is -2.26. The summed E-state index contributed by atoms with van der Waals surface area (Å²) in [7, 11) is 1.71. The zero-order chi connectivity index (χ0) is 49.2. The Morgan fingerprint density at radius 1 is 0.328 bits per heavy atom. The number of esters is 2. The Morgan fingerprint density at radius 2 is 0.612 bits per heavy atom. The highest BCUT2D eigenvalue weighted by Gasteiger charge is 2.10. The monoisotopic (exact) mass is 957 g/mol. The molecule has 0 radical (unpaired) electrons. The predicted octanol–water partition coefficient (Wildman–Crippen LogP) is 16.8. The third-order valence-electron chi connectivity index (χ3n) is 12.6. The maximum atomic E-state index is 11.3. The van der Waals surface area contributed by atoms with Crippen molar-refractivity contribution in [3.8, 4) is 0 Å². The number of hydrogen-bond donors (Lipinski definition) is 0. The van der Waals surface area contributed by atoms with Gasteiger partial charge in [0.05, 0.1) is 39.1 Å². The standard InChI is InChI=1S/C29H58O5.C29H58O4/c1-4-6-7-8-9-10-11-12-13-14-15-16-18-21-24-32-27-28(26-31-3)34-25-22-19-17-20-23-29(30)33-5-2;1-4-7-8-9-10-11-12-13-14-15-16-17-19-22-25-31-27-28(5-2)33-26-23-20-18-21-24-29(30)32-6-3/h28H,4-27H2,1-3H3;28H,4-27H2,1-3H3. The Labute approximate surface area is 417 Å². The minimum absolute atomic E-state index is 0.0103. The fourth-order valence-electron chi connectivity index (χ4n) is 8.26. The molecule has 0 rings (SSSR count). The van der Waals surface area contributed by atoms with E-state index in [9.17, 15) is 9.59 Å². The molecule has 0 aliphatic carbocycles. The molecular weight excluding hydrogens is 841 g/mol. The molecule has 0 bridgehead atoms. The van der Waals surface area contributed by atoms with E-state index in [2.05, 4.69) is 20.8 Å². The summed E-state index contributed by atoms with van der Waals surface area (Å²) >= 11 is 0. The van der Waals surface area contributed by atoms with Gasteiger partial charge < -0.3 is 33.2 Å². The van der Waals surface area contributed by atoms with Crippen molar-refractivity contribution in [1.29, 1.82) is 0 Å². The first-order valence-corrected chi connectivity index (χ1v) is 29.2. The lowest BCUT2D eigenvalue weighted by molar-refractivity contribution is -0.144. The number of carbonyl (C=O) groups is 2. The normalized spacial score (nSPS) is 12.2. The molecule has 67 heavy (non-hydrogen) atoms. The summed E-state index contributed by atoms with van der Waals surface area (Å²) in [5.41, 5.74) is 0. The summed E-state index contributed by atoms with van der Waals surface area (Å²) in [6.45, 7) is 16.5. The molecule has 0 N–H and O–H groups in total. The summed E-state index contributed by atoms with van der Waals surface area (Å²) in [6, 6.07) is 0. The van der Waals surface area contributed by atoms with E-state index in [1.807, 2.05) is 13.8 Å². The van der Waals surface area contributed by atoms with Crippen LogP contribution in [0.2, 0.25) is 0 Å². The minimum Gasteiger partial charge on any atom is -0.466 e. The van der Waals surface area contributed by atoms with Crippen LogP contribution in [-0.2, 0) is 42.7 Å². The van der Waals surface area contributed by atoms with E-state index < -0.39 is 0 Å². The second-order valence-electron chi connectivity index (χ2n) is 19.1. The molecule has 0 aromatic carbocycles. The summed E-state index contributed by atoms with van der Waals surface area (Å²) in [5, 5.41) is 0. The maximum Gasteiger partial charge on any atom is 0.305 e. The van der Waals surface area contributed by atoms with Gasteiger partial charge in [0.1, 0.15) is 6.10 Å². The number of hydrogen-bond acceptors (Lipinski definition) is 9. The second-order valence-corrected chi connectivity index (χ2v) is 19.1. The molecule has 0 saturated heterocycles. The predicted molar refractivity (Wildman–Crippen MR) is 283 cm³/mol. The van der Waals surface area contributed by atoms with Gasteiger partial charge in [-0.3, -0.25) is 9.59 Å². The zero-order valence-electron chi connectivity index (χ0n) is 45.8. The van der Waals surface area contributed by atoms with E-state index in [4.69, 9.17) is 33.2 Å². The Balaban J connectivity index is 0. The zero-order valence-corrected chi connectivity index (χ0v) is 45.8. The van der Waals surface area contributed by atoms with Gasteiger partial charge in [-0.1, -0.05) is 213 Å². The van der Waals surface area contributed by atoms with Gasteiger partial charge in [-0.2, -0.15) is 0 Å². The Hall–Kier alpha value is -1.26. The smallest absolute Gasteiger partial charge is 0.305 e. The SMILES string of the molecule is CCCCCCCCCCCCCCCCOCC(CC)OCCCCCCC(=O)OCC.CCCCCCCCCCCCCCCCOCC(COC)OCCCCCCC(=O)OCC. The average molecular weight is 958 g/mol. The van der Waals surface area contributed by atoms with Crippen molar-refractivity contribution < 1.29 is 42.7 Å². The minimum atomic E-state index is -0.0881. The summed E-state index contributed by atoms with van der Waals surface area (Å²) < 4.78 is 38.8. The molecule has 2 unspecified atom stereocenters. The molecule has 0 amide bonds. The van der Waals surface area contributed by atoms with E-state index in [-0.39, 0.29) is 24.1 Å². The topological polar surface area (TPSA) is 98.8 Å². The third kappa shape index (κ3) is 59.0. The van der Waals surface area contributed by atoms with E-state index in [1.54, 1.807) is 7.11 Å². The molecule has 2 atom stereocenters. The largest absolute Gasteiger partial charge is 0.466 e. The number of rotatable bonds is 55. The number of carbonyl (C=O) groups excluding carboxylic acids is 2. The van der Waals surface area contributed by atoms with Gasteiger partial charge in [0.15, 0.2) is 0 Å². The first-order valence-electron chi connectivity index (χ1n) is 29.2. The molecule has 9 nitrogen and oxygen atoms in total. The highest BCUT2D eigenvalue weighted by molar-refractivity contribution is 5.69. The number of methoxy groups -OCH3 is 1. The van der Waals surface area contributed by atoms with E-state index in [0.717, 1.165) is 97.2 Å². The van der Waals surface area contributed by atoms with E-state index >= 15 is 0 Å². The fourth-order valence-corrected chi connectivity index (χ4v) is 8.26. The molecule has 0 aromatic rings. The fraction of sp³-hybridized carbons (Fsp3) is 0.966. The van der Waals surface area contributed by atoms with Gasteiger partial charge in [0, 0.05) is 46.4 Å². The van der Waals surface area contributed by atoms with Crippen LogP contribution in [0.4, 0.5) is 0 Å². The molecule has 0 fully saturated rings. The van der Waals surface area contributed by atoms with E-state index in [1.165, 1.54) is 173 Å². The maximum absolute atomic E-state index is 11.3. The van der Waals surface area contributed by atoms with Gasteiger partial charge in [0.2, 0.25) is 0 Å². The van der Waals surface area contributed by atoms with Crippen LogP contribution in [-0.4, -0.2) is 90.7 Å². The molecule has 0 aliphatic rings. The van der Waals surface area contributed by atoms with Gasteiger partial charge in [0.25, 0.3) is 0 Å². The van der Waals surface area contributed by atoms with Crippen molar-refractivity contribution in [2.75, 3.05) is 66.6 Å².